The maximum atomic E-state index is 11.2. The summed E-state index contributed by atoms with van der Waals surface area (Å²) < 4.78 is 6.31. The first-order valence-corrected chi connectivity index (χ1v) is 6.43. The van der Waals surface area contributed by atoms with Crippen LogP contribution in [-0.2, 0) is 13.6 Å². The molecule has 0 N–H and O–H groups in total. The highest BCUT2D eigenvalue weighted by atomic mass is 35.5. The summed E-state index contributed by atoms with van der Waals surface area (Å²) in [4.78, 5) is 21.2. The molecule has 0 saturated heterocycles. The molecule has 2 aromatic rings. The molecule has 1 aliphatic carbocycles. The third kappa shape index (κ3) is 2.63. The van der Waals surface area contributed by atoms with Gasteiger partial charge in [-0.3, -0.25) is 0 Å². The number of aryl methyl sites for hydroxylation is 1. The zero-order valence-electron chi connectivity index (χ0n) is 10.4. The number of hydrogen-bond donors (Lipinski definition) is 0. The lowest BCUT2D eigenvalue weighted by atomic mass is 10.2. The molecule has 0 bridgehead atoms. The Morgan fingerprint density at radius 1 is 1.53 bits per heavy atom. The van der Waals surface area contributed by atoms with Crippen molar-refractivity contribution < 1.29 is 4.52 Å². The predicted octanol–water partition coefficient (Wildman–Crippen LogP) is 1.59. The minimum Gasteiger partial charge on any atom is -0.333 e. The van der Waals surface area contributed by atoms with Crippen LogP contribution in [0.3, 0.4) is 0 Å². The maximum absolute atomic E-state index is 11.2. The van der Waals surface area contributed by atoms with E-state index in [1.807, 2.05) is 6.07 Å². The molecule has 0 radical (unpaired) electrons. The van der Waals surface area contributed by atoms with Gasteiger partial charge in [-0.15, -0.1) is 4.98 Å². The molecule has 0 atom stereocenters. The van der Waals surface area contributed by atoms with Crippen LogP contribution >= 0.6 is 11.6 Å². The van der Waals surface area contributed by atoms with Gasteiger partial charge in [-0.25, -0.2) is 9.78 Å². The van der Waals surface area contributed by atoms with Gasteiger partial charge in [0.2, 0.25) is 5.95 Å². The first kappa shape index (κ1) is 12.2. The van der Waals surface area contributed by atoms with E-state index in [0.29, 0.717) is 23.7 Å². The van der Waals surface area contributed by atoms with Crippen LogP contribution in [0.1, 0.15) is 18.4 Å². The Morgan fingerprint density at radius 3 is 2.84 bits per heavy atom. The highest BCUT2D eigenvalue weighted by Crippen LogP contribution is 2.31. The van der Waals surface area contributed by atoms with E-state index in [0.717, 1.165) is 18.4 Å². The number of nitrogens with zero attached hydrogens (tertiary/aromatic N) is 4. The summed E-state index contributed by atoms with van der Waals surface area (Å²) in [5.41, 5.74) is 1.02. The first-order chi connectivity index (χ1) is 9.13. The summed E-state index contributed by atoms with van der Waals surface area (Å²) in [7, 11) is 1.68. The van der Waals surface area contributed by atoms with Gasteiger partial charge in [0.25, 0.3) is 0 Å². The minimum absolute atomic E-state index is 0.409. The van der Waals surface area contributed by atoms with Gasteiger partial charge in [0, 0.05) is 25.8 Å². The Kier molecular flexibility index (Phi) is 3.02. The van der Waals surface area contributed by atoms with E-state index < -0.39 is 5.76 Å². The van der Waals surface area contributed by atoms with E-state index in [1.165, 1.54) is 4.74 Å². The summed E-state index contributed by atoms with van der Waals surface area (Å²) in [6.45, 7) is 0.634. The molecular formula is C12H13ClN4O2. The number of aromatic nitrogens is 3. The molecule has 1 saturated carbocycles. The second-order valence-corrected chi connectivity index (χ2v) is 5.00. The molecule has 0 unspecified atom stereocenters. The summed E-state index contributed by atoms with van der Waals surface area (Å²) >= 11 is 5.77. The van der Waals surface area contributed by atoms with Crippen LogP contribution in [0.25, 0.3) is 0 Å². The molecule has 0 aromatic carbocycles. The van der Waals surface area contributed by atoms with Crippen LogP contribution in [-0.4, -0.2) is 20.7 Å². The van der Waals surface area contributed by atoms with Crippen molar-refractivity contribution >= 4 is 17.5 Å². The van der Waals surface area contributed by atoms with Crippen LogP contribution < -0.4 is 10.7 Å². The van der Waals surface area contributed by atoms with Crippen LogP contribution in [0.5, 0.6) is 0 Å². The van der Waals surface area contributed by atoms with Crippen molar-refractivity contribution in [2.24, 2.45) is 7.05 Å². The minimum atomic E-state index is -0.572. The SMILES string of the molecule is Cn1oc(=O)nc1N(Cc1ccc(Cl)nc1)C1CC1. The predicted molar refractivity (Wildman–Crippen MR) is 70.2 cm³/mol. The quantitative estimate of drug-likeness (QED) is 0.796. The van der Waals surface area contributed by atoms with Crippen molar-refractivity contribution in [3.05, 3.63) is 39.6 Å². The van der Waals surface area contributed by atoms with E-state index >= 15 is 0 Å². The number of rotatable bonds is 4. The Balaban J connectivity index is 1.87. The van der Waals surface area contributed by atoms with Crippen molar-refractivity contribution in [3.8, 4) is 0 Å². The first-order valence-electron chi connectivity index (χ1n) is 6.05. The number of halogens is 1. The molecule has 6 nitrogen and oxygen atoms in total. The maximum Gasteiger partial charge on any atom is 0.461 e. The van der Waals surface area contributed by atoms with Crippen molar-refractivity contribution in [1.82, 2.24) is 14.7 Å². The normalized spacial score (nSPS) is 14.6. The summed E-state index contributed by atoms with van der Waals surface area (Å²) in [5.74, 6) is -0.0140. The number of pyridine rings is 1. The molecule has 1 aliphatic rings. The molecule has 19 heavy (non-hydrogen) atoms. The summed E-state index contributed by atoms with van der Waals surface area (Å²) in [5, 5.41) is 0.468. The summed E-state index contributed by atoms with van der Waals surface area (Å²) in [6, 6.07) is 4.08. The van der Waals surface area contributed by atoms with E-state index in [1.54, 1.807) is 19.3 Å². The Bertz CT molecular complexity index is 630. The van der Waals surface area contributed by atoms with Gasteiger partial charge in [-0.2, -0.15) is 4.74 Å². The Hall–Kier alpha value is -1.82. The van der Waals surface area contributed by atoms with Gasteiger partial charge >= 0.3 is 5.76 Å². The molecule has 2 aromatic heterocycles. The second kappa shape index (κ2) is 4.70. The van der Waals surface area contributed by atoms with Crippen LogP contribution in [0.15, 0.2) is 27.6 Å². The van der Waals surface area contributed by atoms with Crippen LogP contribution in [0.2, 0.25) is 5.15 Å². The molecule has 100 valence electrons. The molecule has 3 rings (SSSR count). The van der Waals surface area contributed by atoms with E-state index in [2.05, 4.69) is 14.9 Å². The van der Waals surface area contributed by atoms with Crippen LogP contribution in [0.4, 0.5) is 5.95 Å². The molecule has 0 aliphatic heterocycles. The standard InChI is InChI=1S/C12H13ClN4O2/c1-16-11(15-12(18)19-16)17(9-3-4-9)7-8-2-5-10(13)14-6-8/h2,5-6,9H,3-4,7H2,1H3. The van der Waals surface area contributed by atoms with Gasteiger partial charge in [0.15, 0.2) is 0 Å². The van der Waals surface area contributed by atoms with Gasteiger partial charge in [-0.1, -0.05) is 17.7 Å². The average molecular weight is 281 g/mol. The lowest BCUT2D eigenvalue weighted by Crippen LogP contribution is -2.28. The molecule has 2 heterocycles. The third-order valence-corrected chi connectivity index (χ3v) is 3.30. The fourth-order valence-corrected chi connectivity index (χ4v) is 2.13. The van der Waals surface area contributed by atoms with Crippen LogP contribution in [0, 0.1) is 0 Å². The molecule has 0 spiro atoms. The van der Waals surface area contributed by atoms with Crippen molar-refractivity contribution in [3.63, 3.8) is 0 Å². The van der Waals surface area contributed by atoms with Gasteiger partial charge in [-0.05, 0) is 24.5 Å². The fraction of sp³-hybridized carbons (Fsp3) is 0.417. The van der Waals surface area contributed by atoms with Gasteiger partial charge < -0.3 is 9.42 Å². The monoisotopic (exact) mass is 280 g/mol. The molecule has 1 fully saturated rings. The van der Waals surface area contributed by atoms with Gasteiger partial charge in [0.05, 0.1) is 0 Å². The van der Waals surface area contributed by atoms with Crippen molar-refractivity contribution in [2.45, 2.75) is 25.4 Å². The zero-order valence-corrected chi connectivity index (χ0v) is 11.2. The number of anilines is 1. The lowest BCUT2D eigenvalue weighted by Gasteiger charge is -2.21. The van der Waals surface area contributed by atoms with E-state index in [9.17, 15) is 4.79 Å². The highest BCUT2D eigenvalue weighted by Gasteiger charge is 2.32. The topological polar surface area (TPSA) is 64.2 Å². The Labute approximate surface area is 114 Å². The average Bonchev–Trinajstić information content (AvgIpc) is 3.15. The van der Waals surface area contributed by atoms with Crippen molar-refractivity contribution in [2.75, 3.05) is 4.90 Å². The molecule has 7 heteroatoms. The Morgan fingerprint density at radius 2 is 2.32 bits per heavy atom. The van der Waals surface area contributed by atoms with Crippen molar-refractivity contribution in [1.29, 1.82) is 0 Å². The summed E-state index contributed by atoms with van der Waals surface area (Å²) in [6.07, 6.45) is 3.93. The smallest absolute Gasteiger partial charge is 0.333 e. The second-order valence-electron chi connectivity index (χ2n) is 4.61. The highest BCUT2D eigenvalue weighted by molar-refractivity contribution is 6.29. The molecular weight excluding hydrogens is 268 g/mol. The third-order valence-electron chi connectivity index (χ3n) is 3.07. The van der Waals surface area contributed by atoms with Gasteiger partial charge in [0.1, 0.15) is 5.15 Å². The number of hydrogen-bond acceptors (Lipinski definition) is 5. The fourth-order valence-electron chi connectivity index (χ4n) is 2.02. The van der Waals surface area contributed by atoms with E-state index in [4.69, 9.17) is 16.1 Å². The van der Waals surface area contributed by atoms with E-state index in [-0.39, 0.29) is 0 Å². The lowest BCUT2D eigenvalue weighted by molar-refractivity contribution is 0.284. The zero-order chi connectivity index (χ0) is 13.4. The largest absolute Gasteiger partial charge is 0.461 e. The molecule has 0 amide bonds.